The van der Waals surface area contributed by atoms with E-state index in [0.717, 1.165) is 12.1 Å². The van der Waals surface area contributed by atoms with Crippen LogP contribution in [0.5, 0.6) is 0 Å². The third-order valence-electron chi connectivity index (χ3n) is 2.91. The first kappa shape index (κ1) is 15.3. The minimum atomic E-state index is 0.507. The average Bonchev–Trinajstić information content (AvgIpc) is 2.11. The van der Waals surface area contributed by atoms with Crippen LogP contribution in [0.4, 0.5) is 0 Å². The molecule has 1 nitrogen and oxygen atoms in total. The number of allylic oxidation sites excluding steroid dienone is 4. The van der Waals surface area contributed by atoms with Gasteiger partial charge >= 0.3 is 0 Å². The van der Waals surface area contributed by atoms with Crippen LogP contribution in [-0.4, -0.2) is 0 Å². The van der Waals surface area contributed by atoms with E-state index in [1.807, 2.05) is 0 Å². The Kier molecular flexibility index (Phi) is 6.47. The lowest BCUT2D eigenvalue weighted by molar-refractivity contribution is 0.623. The maximum atomic E-state index is 6.20. The molecule has 0 aliphatic rings. The SMILES string of the molecule is C/C(=C\C(=C(\N)CC(C)C)C(C)C)C(C)C. The molecule has 0 saturated heterocycles. The summed E-state index contributed by atoms with van der Waals surface area (Å²) in [5.74, 6) is 1.73. The van der Waals surface area contributed by atoms with Crippen LogP contribution < -0.4 is 5.73 Å². The van der Waals surface area contributed by atoms with Gasteiger partial charge < -0.3 is 5.73 Å². The van der Waals surface area contributed by atoms with Crippen molar-refractivity contribution < 1.29 is 0 Å². The van der Waals surface area contributed by atoms with E-state index in [9.17, 15) is 0 Å². The van der Waals surface area contributed by atoms with Gasteiger partial charge in [-0.25, -0.2) is 0 Å². The Balaban J connectivity index is 5.08. The quantitative estimate of drug-likeness (QED) is 0.682. The van der Waals surface area contributed by atoms with Gasteiger partial charge in [-0.1, -0.05) is 53.2 Å². The molecular formula is C15H29N. The molecule has 0 aliphatic carbocycles. The zero-order valence-corrected chi connectivity index (χ0v) is 12.1. The van der Waals surface area contributed by atoms with Crippen molar-refractivity contribution in [3.05, 3.63) is 22.9 Å². The molecule has 0 saturated carbocycles. The van der Waals surface area contributed by atoms with Crippen molar-refractivity contribution in [3.63, 3.8) is 0 Å². The van der Waals surface area contributed by atoms with E-state index in [-0.39, 0.29) is 0 Å². The van der Waals surface area contributed by atoms with E-state index in [0.29, 0.717) is 17.8 Å². The van der Waals surface area contributed by atoms with Crippen molar-refractivity contribution in [1.82, 2.24) is 0 Å². The van der Waals surface area contributed by atoms with Crippen LogP contribution in [0.3, 0.4) is 0 Å². The van der Waals surface area contributed by atoms with Gasteiger partial charge in [0.1, 0.15) is 0 Å². The minimum Gasteiger partial charge on any atom is -0.402 e. The van der Waals surface area contributed by atoms with Crippen LogP contribution in [0.1, 0.15) is 54.9 Å². The van der Waals surface area contributed by atoms with E-state index in [1.165, 1.54) is 11.1 Å². The highest BCUT2D eigenvalue weighted by atomic mass is 14.6. The van der Waals surface area contributed by atoms with Gasteiger partial charge in [0, 0.05) is 5.70 Å². The van der Waals surface area contributed by atoms with E-state index in [2.05, 4.69) is 54.5 Å². The molecule has 0 amide bonds. The highest BCUT2D eigenvalue weighted by Gasteiger charge is 2.09. The predicted molar refractivity (Wildman–Crippen MR) is 74.1 cm³/mol. The second-order valence-electron chi connectivity index (χ2n) is 5.78. The summed E-state index contributed by atoms with van der Waals surface area (Å²) < 4.78 is 0. The van der Waals surface area contributed by atoms with Crippen LogP contribution in [0.2, 0.25) is 0 Å². The molecule has 0 radical (unpaired) electrons. The monoisotopic (exact) mass is 223 g/mol. The fourth-order valence-corrected chi connectivity index (χ4v) is 1.60. The first-order chi connectivity index (χ1) is 7.25. The second-order valence-corrected chi connectivity index (χ2v) is 5.78. The summed E-state index contributed by atoms with van der Waals surface area (Å²) in [6.45, 7) is 15.5. The molecule has 0 spiro atoms. The fourth-order valence-electron chi connectivity index (χ4n) is 1.60. The van der Waals surface area contributed by atoms with Crippen molar-refractivity contribution >= 4 is 0 Å². The van der Waals surface area contributed by atoms with Gasteiger partial charge in [0.25, 0.3) is 0 Å². The highest BCUT2D eigenvalue weighted by molar-refractivity contribution is 5.29. The van der Waals surface area contributed by atoms with Crippen molar-refractivity contribution in [1.29, 1.82) is 0 Å². The van der Waals surface area contributed by atoms with E-state index in [1.54, 1.807) is 0 Å². The van der Waals surface area contributed by atoms with Gasteiger partial charge in [-0.15, -0.1) is 0 Å². The van der Waals surface area contributed by atoms with Crippen LogP contribution in [0, 0.1) is 17.8 Å². The molecule has 0 bridgehead atoms. The Morgan fingerprint density at radius 3 is 1.81 bits per heavy atom. The summed E-state index contributed by atoms with van der Waals surface area (Å²) in [4.78, 5) is 0. The Bertz CT molecular complexity index is 267. The van der Waals surface area contributed by atoms with Crippen molar-refractivity contribution in [2.75, 3.05) is 0 Å². The third-order valence-corrected chi connectivity index (χ3v) is 2.91. The molecule has 0 fully saturated rings. The summed E-state index contributed by atoms with van der Waals surface area (Å²) in [5, 5.41) is 0. The first-order valence-electron chi connectivity index (χ1n) is 6.42. The summed E-state index contributed by atoms with van der Waals surface area (Å²) in [5.41, 5.74) is 10.00. The smallest absolute Gasteiger partial charge is 0.0118 e. The normalized spacial score (nSPS) is 15.0. The lowest BCUT2D eigenvalue weighted by atomic mass is 9.92. The van der Waals surface area contributed by atoms with Crippen LogP contribution in [0.25, 0.3) is 0 Å². The number of hydrogen-bond donors (Lipinski definition) is 1. The van der Waals surface area contributed by atoms with Gasteiger partial charge in [0.15, 0.2) is 0 Å². The fraction of sp³-hybridized carbons (Fsp3) is 0.733. The van der Waals surface area contributed by atoms with Gasteiger partial charge in [-0.05, 0) is 36.7 Å². The maximum Gasteiger partial charge on any atom is 0.0118 e. The molecule has 1 heteroatoms. The van der Waals surface area contributed by atoms with Crippen LogP contribution in [0.15, 0.2) is 22.9 Å². The number of nitrogens with two attached hydrogens (primary N) is 1. The topological polar surface area (TPSA) is 26.0 Å². The van der Waals surface area contributed by atoms with E-state index < -0.39 is 0 Å². The predicted octanol–water partition coefficient (Wildman–Crippen LogP) is 4.50. The van der Waals surface area contributed by atoms with Crippen LogP contribution in [-0.2, 0) is 0 Å². The molecule has 0 aromatic carbocycles. The summed E-state index contributed by atoms with van der Waals surface area (Å²) in [6, 6.07) is 0. The van der Waals surface area contributed by atoms with Gasteiger partial charge in [-0.3, -0.25) is 0 Å². The Hall–Kier alpha value is -0.720. The summed E-state index contributed by atoms with van der Waals surface area (Å²) in [6.07, 6.45) is 3.28. The Labute approximate surface area is 102 Å². The van der Waals surface area contributed by atoms with Crippen molar-refractivity contribution in [2.24, 2.45) is 23.5 Å². The highest BCUT2D eigenvalue weighted by Crippen LogP contribution is 2.22. The molecule has 2 N–H and O–H groups in total. The maximum absolute atomic E-state index is 6.20. The van der Waals surface area contributed by atoms with Gasteiger partial charge in [-0.2, -0.15) is 0 Å². The zero-order chi connectivity index (χ0) is 12.9. The van der Waals surface area contributed by atoms with Gasteiger partial charge in [0.2, 0.25) is 0 Å². The Morgan fingerprint density at radius 2 is 1.50 bits per heavy atom. The molecule has 94 valence electrons. The standard InChI is InChI=1S/C15H29N/c1-10(2)8-15(16)14(12(5)6)9-13(7)11(3)4/h9-12H,8,16H2,1-7H3/b13-9+,15-14-. The molecule has 0 aromatic heterocycles. The van der Waals surface area contributed by atoms with E-state index in [4.69, 9.17) is 5.73 Å². The third kappa shape index (κ3) is 5.39. The van der Waals surface area contributed by atoms with Crippen molar-refractivity contribution in [2.45, 2.75) is 54.9 Å². The minimum absolute atomic E-state index is 0.507. The lowest BCUT2D eigenvalue weighted by Gasteiger charge is -2.16. The van der Waals surface area contributed by atoms with Gasteiger partial charge in [0.05, 0.1) is 0 Å². The molecule has 16 heavy (non-hydrogen) atoms. The molecule has 0 aliphatic heterocycles. The first-order valence-corrected chi connectivity index (χ1v) is 6.42. The largest absolute Gasteiger partial charge is 0.402 e. The molecule has 0 aromatic rings. The molecule has 0 unspecified atom stereocenters. The molecule has 0 atom stereocenters. The molecular weight excluding hydrogens is 194 g/mol. The summed E-state index contributed by atoms with van der Waals surface area (Å²) >= 11 is 0. The zero-order valence-electron chi connectivity index (χ0n) is 12.1. The average molecular weight is 223 g/mol. The second kappa shape index (κ2) is 6.78. The van der Waals surface area contributed by atoms with Crippen LogP contribution >= 0.6 is 0 Å². The molecule has 0 rings (SSSR count). The Morgan fingerprint density at radius 1 is 1.00 bits per heavy atom. The van der Waals surface area contributed by atoms with Crippen molar-refractivity contribution in [3.8, 4) is 0 Å². The molecule has 0 heterocycles. The number of rotatable bonds is 5. The lowest BCUT2D eigenvalue weighted by Crippen LogP contribution is -2.09. The van der Waals surface area contributed by atoms with E-state index >= 15 is 0 Å². The summed E-state index contributed by atoms with van der Waals surface area (Å²) in [7, 11) is 0. The number of hydrogen-bond acceptors (Lipinski definition) is 1.